The van der Waals surface area contributed by atoms with E-state index in [0.29, 0.717) is 0 Å². The fourth-order valence-corrected chi connectivity index (χ4v) is 2.22. The van der Waals surface area contributed by atoms with Crippen molar-refractivity contribution in [3.05, 3.63) is 0 Å². The van der Waals surface area contributed by atoms with Crippen molar-refractivity contribution in [3.63, 3.8) is 0 Å². The van der Waals surface area contributed by atoms with Gasteiger partial charge in [0.1, 0.15) is 0 Å². The van der Waals surface area contributed by atoms with Gasteiger partial charge in [-0.3, -0.25) is 0 Å². The fraction of sp³-hybridized carbons (Fsp3) is 1.00. The van der Waals surface area contributed by atoms with Crippen LogP contribution in [0.1, 0.15) is 46.0 Å². The minimum absolute atomic E-state index is 0.968. The van der Waals surface area contributed by atoms with Crippen LogP contribution in [-0.4, -0.2) is 37.6 Å². The van der Waals surface area contributed by atoms with Crippen LogP contribution in [0.4, 0.5) is 0 Å². The van der Waals surface area contributed by atoms with Crippen molar-refractivity contribution in [2.24, 2.45) is 5.92 Å². The van der Waals surface area contributed by atoms with Crippen molar-refractivity contribution in [1.82, 2.24) is 10.2 Å². The summed E-state index contributed by atoms with van der Waals surface area (Å²) >= 11 is 0. The molecule has 1 aliphatic heterocycles. The highest BCUT2D eigenvalue weighted by Gasteiger charge is 2.14. The molecule has 0 unspecified atom stereocenters. The van der Waals surface area contributed by atoms with Crippen LogP contribution >= 0.6 is 0 Å². The van der Waals surface area contributed by atoms with Crippen LogP contribution < -0.4 is 5.32 Å². The molecule has 1 heterocycles. The molecule has 0 radical (unpaired) electrons. The van der Waals surface area contributed by atoms with Gasteiger partial charge in [-0.05, 0) is 64.3 Å². The number of hydrogen-bond donors (Lipinski definition) is 1. The zero-order valence-corrected chi connectivity index (χ0v) is 10.6. The normalized spacial score (nSPS) is 19.6. The molecule has 0 aromatic rings. The Morgan fingerprint density at radius 3 is 2.53 bits per heavy atom. The van der Waals surface area contributed by atoms with Gasteiger partial charge >= 0.3 is 0 Å². The lowest BCUT2D eigenvalue weighted by Gasteiger charge is -2.30. The van der Waals surface area contributed by atoms with Crippen molar-refractivity contribution in [2.45, 2.75) is 46.0 Å². The molecular formula is C13H28N2. The van der Waals surface area contributed by atoms with Gasteiger partial charge in [0, 0.05) is 0 Å². The van der Waals surface area contributed by atoms with Crippen LogP contribution in [0.25, 0.3) is 0 Å². The molecule has 0 saturated carbocycles. The molecule has 1 aliphatic rings. The highest BCUT2D eigenvalue weighted by atomic mass is 15.1. The van der Waals surface area contributed by atoms with Gasteiger partial charge in [-0.25, -0.2) is 0 Å². The van der Waals surface area contributed by atoms with Crippen LogP contribution in [-0.2, 0) is 0 Å². The number of likely N-dealkylation sites (tertiary alicyclic amines) is 1. The zero-order chi connectivity index (χ0) is 10.9. The lowest BCUT2D eigenvalue weighted by molar-refractivity contribution is 0.189. The third kappa shape index (κ3) is 6.16. The predicted molar refractivity (Wildman–Crippen MR) is 67.2 cm³/mol. The third-order valence-corrected chi connectivity index (χ3v) is 3.45. The maximum atomic E-state index is 3.38. The summed E-state index contributed by atoms with van der Waals surface area (Å²) in [5.41, 5.74) is 0. The zero-order valence-electron chi connectivity index (χ0n) is 10.6. The molecule has 0 aliphatic carbocycles. The molecule has 1 saturated heterocycles. The Morgan fingerprint density at radius 1 is 1.13 bits per heavy atom. The van der Waals surface area contributed by atoms with Crippen molar-refractivity contribution in [1.29, 1.82) is 0 Å². The summed E-state index contributed by atoms with van der Waals surface area (Å²) in [7, 11) is 0. The van der Waals surface area contributed by atoms with Gasteiger partial charge in [0.2, 0.25) is 0 Å². The van der Waals surface area contributed by atoms with E-state index in [1.807, 2.05) is 0 Å². The standard InChI is InChI=1S/C13H28N2/c1-3-14-9-5-4-6-10-15-11-7-13(2)8-12-15/h13-14H,3-12H2,1-2H3. The molecule has 1 N–H and O–H groups in total. The molecule has 1 rings (SSSR count). The smallest absolute Gasteiger partial charge is 0.00162 e. The second kappa shape index (κ2) is 8.12. The molecule has 15 heavy (non-hydrogen) atoms. The summed E-state index contributed by atoms with van der Waals surface area (Å²) in [6.07, 6.45) is 6.95. The SMILES string of the molecule is CCNCCCCCN1CCC(C)CC1. The average Bonchev–Trinajstić information content (AvgIpc) is 2.26. The van der Waals surface area contributed by atoms with Gasteiger partial charge < -0.3 is 10.2 Å². The first-order valence-electron chi connectivity index (χ1n) is 6.76. The predicted octanol–water partition coefficient (Wildman–Crippen LogP) is 2.50. The molecule has 0 amide bonds. The first-order valence-corrected chi connectivity index (χ1v) is 6.76. The Morgan fingerprint density at radius 2 is 1.87 bits per heavy atom. The number of rotatable bonds is 7. The third-order valence-electron chi connectivity index (χ3n) is 3.45. The Kier molecular flexibility index (Phi) is 7.03. The van der Waals surface area contributed by atoms with Crippen LogP contribution in [0.3, 0.4) is 0 Å². The molecule has 0 spiro atoms. The average molecular weight is 212 g/mol. The minimum atomic E-state index is 0.968. The maximum absolute atomic E-state index is 3.38. The van der Waals surface area contributed by atoms with Crippen LogP contribution in [0, 0.1) is 5.92 Å². The summed E-state index contributed by atoms with van der Waals surface area (Å²) in [4.78, 5) is 2.65. The second-order valence-corrected chi connectivity index (χ2v) is 4.94. The number of nitrogens with one attached hydrogen (secondary N) is 1. The van der Waals surface area contributed by atoms with Crippen molar-refractivity contribution in [2.75, 3.05) is 32.7 Å². The summed E-state index contributed by atoms with van der Waals surface area (Å²) in [5.74, 6) is 0.968. The Hall–Kier alpha value is -0.0800. The molecular weight excluding hydrogens is 184 g/mol. The van der Waals surface area contributed by atoms with Gasteiger partial charge in [-0.1, -0.05) is 20.3 Å². The summed E-state index contributed by atoms with van der Waals surface area (Å²) in [5, 5.41) is 3.38. The van der Waals surface area contributed by atoms with Crippen LogP contribution in [0.2, 0.25) is 0 Å². The molecule has 90 valence electrons. The Bertz CT molecular complexity index is 139. The van der Waals surface area contributed by atoms with Gasteiger partial charge in [-0.15, -0.1) is 0 Å². The lowest BCUT2D eigenvalue weighted by atomic mass is 9.99. The van der Waals surface area contributed by atoms with Gasteiger partial charge in [0.15, 0.2) is 0 Å². The van der Waals surface area contributed by atoms with Crippen molar-refractivity contribution < 1.29 is 0 Å². The minimum Gasteiger partial charge on any atom is -0.317 e. The summed E-state index contributed by atoms with van der Waals surface area (Å²) < 4.78 is 0. The van der Waals surface area contributed by atoms with E-state index in [1.165, 1.54) is 58.3 Å². The van der Waals surface area contributed by atoms with E-state index in [9.17, 15) is 0 Å². The van der Waals surface area contributed by atoms with E-state index in [2.05, 4.69) is 24.1 Å². The van der Waals surface area contributed by atoms with Crippen LogP contribution in [0.5, 0.6) is 0 Å². The van der Waals surface area contributed by atoms with E-state index in [1.54, 1.807) is 0 Å². The quantitative estimate of drug-likeness (QED) is 0.652. The molecule has 2 heteroatoms. The van der Waals surface area contributed by atoms with Crippen molar-refractivity contribution >= 4 is 0 Å². The largest absolute Gasteiger partial charge is 0.317 e. The highest BCUT2D eigenvalue weighted by molar-refractivity contribution is 4.69. The molecule has 0 bridgehead atoms. The fourth-order valence-electron chi connectivity index (χ4n) is 2.22. The van der Waals surface area contributed by atoms with Gasteiger partial charge in [0.25, 0.3) is 0 Å². The number of piperidine rings is 1. The molecule has 1 fully saturated rings. The number of nitrogens with zero attached hydrogens (tertiary/aromatic N) is 1. The monoisotopic (exact) mass is 212 g/mol. The topological polar surface area (TPSA) is 15.3 Å². The second-order valence-electron chi connectivity index (χ2n) is 4.94. The Labute approximate surface area is 95.4 Å². The van der Waals surface area contributed by atoms with Gasteiger partial charge in [-0.2, -0.15) is 0 Å². The Balaban J connectivity index is 1.87. The van der Waals surface area contributed by atoms with E-state index in [4.69, 9.17) is 0 Å². The number of hydrogen-bond acceptors (Lipinski definition) is 2. The van der Waals surface area contributed by atoms with E-state index >= 15 is 0 Å². The molecule has 0 aromatic heterocycles. The van der Waals surface area contributed by atoms with Gasteiger partial charge in [0.05, 0.1) is 0 Å². The summed E-state index contributed by atoms with van der Waals surface area (Å²) in [6.45, 7) is 10.9. The first kappa shape index (κ1) is 13.0. The number of unbranched alkanes of at least 4 members (excludes halogenated alkanes) is 2. The van der Waals surface area contributed by atoms with E-state index < -0.39 is 0 Å². The molecule has 2 nitrogen and oxygen atoms in total. The first-order chi connectivity index (χ1) is 7.33. The molecule has 0 aromatic carbocycles. The van der Waals surface area contributed by atoms with E-state index in [-0.39, 0.29) is 0 Å². The maximum Gasteiger partial charge on any atom is -0.00162 e. The van der Waals surface area contributed by atoms with E-state index in [0.717, 1.165) is 12.5 Å². The molecule has 0 atom stereocenters. The van der Waals surface area contributed by atoms with Crippen molar-refractivity contribution in [3.8, 4) is 0 Å². The summed E-state index contributed by atoms with van der Waals surface area (Å²) in [6, 6.07) is 0. The van der Waals surface area contributed by atoms with Crippen LogP contribution in [0.15, 0.2) is 0 Å². The highest BCUT2D eigenvalue weighted by Crippen LogP contribution is 2.16. The lowest BCUT2D eigenvalue weighted by Crippen LogP contribution is -2.33.